The number of rotatable bonds is 8. The largest absolute Gasteiger partial charge is 0.494 e. The van der Waals surface area contributed by atoms with Gasteiger partial charge in [-0.05, 0) is 44.0 Å². The van der Waals surface area contributed by atoms with E-state index in [0.29, 0.717) is 24.6 Å². The van der Waals surface area contributed by atoms with Gasteiger partial charge in [0.2, 0.25) is 5.91 Å². The number of hydrogen-bond donors (Lipinski definition) is 1. The molecule has 0 radical (unpaired) electrons. The summed E-state index contributed by atoms with van der Waals surface area (Å²) >= 11 is 0. The molecular weight excluding hydrogens is 344 g/mol. The van der Waals surface area contributed by atoms with E-state index in [1.54, 1.807) is 19.1 Å². The Hall–Kier alpha value is -3.02. The van der Waals surface area contributed by atoms with Crippen molar-refractivity contribution in [3.05, 3.63) is 54.6 Å². The van der Waals surface area contributed by atoms with Crippen LogP contribution >= 0.6 is 0 Å². The first-order valence-electron chi connectivity index (χ1n) is 9.17. The third kappa shape index (κ3) is 5.00. The molecule has 1 heterocycles. The van der Waals surface area contributed by atoms with Crippen LogP contribution in [0.25, 0.3) is 0 Å². The van der Waals surface area contributed by atoms with Crippen LogP contribution in [-0.4, -0.2) is 37.6 Å². The fourth-order valence-electron chi connectivity index (χ4n) is 2.88. The molecular formula is C21H24N2O4. The Morgan fingerprint density at radius 2 is 1.85 bits per heavy atom. The maximum Gasteiger partial charge on any atom is 0.268 e. The Morgan fingerprint density at radius 3 is 2.67 bits per heavy atom. The Bertz CT molecular complexity index is 779. The molecule has 3 rings (SSSR count). The van der Waals surface area contributed by atoms with Gasteiger partial charge in [0.25, 0.3) is 5.91 Å². The van der Waals surface area contributed by atoms with Crippen molar-refractivity contribution >= 4 is 17.5 Å². The molecule has 2 aromatic carbocycles. The highest BCUT2D eigenvalue weighted by molar-refractivity contribution is 6.03. The molecule has 0 aliphatic carbocycles. The summed E-state index contributed by atoms with van der Waals surface area (Å²) < 4.78 is 11.2. The Labute approximate surface area is 159 Å². The lowest BCUT2D eigenvalue weighted by atomic mass is 10.2. The van der Waals surface area contributed by atoms with E-state index >= 15 is 0 Å². The van der Waals surface area contributed by atoms with Crippen molar-refractivity contribution in [2.45, 2.75) is 25.9 Å². The maximum absolute atomic E-state index is 12.4. The lowest BCUT2D eigenvalue weighted by Crippen LogP contribution is -2.48. The summed E-state index contributed by atoms with van der Waals surface area (Å²) in [7, 11) is 0. The quantitative estimate of drug-likeness (QED) is 0.728. The zero-order valence-corrected chi connectivity index (χ0v) is 15.4. The molecule has 1 aliphatic heterocycles. The minimum absolute atomic E-state index is 0.00986. The number of anilines is 1. The molecule has 1 aliphatic rings. The standard InChI is InChI=1S/C21H24N2O4/c1-16-21(25)23(18-11-5-6-12-19(18)27-16)15-20(24)22-13-7-8-14-26-17-9-3-2-4-10-17/h2-6,9-12,16H,7-8,13-15H2,1H3,(H,22,24). The highest BCUT2D eigenvalue weighted by atomic mass is 16.5. The first-order chi connectivity index (χ1) is 13.1. The van der Waals surface area contributed by atoms with Gasteiger partial charge in [-0.3, -0.25) is 14.5 Å². The van der Waals surface area contributed by atoms with Gasteiger partial charge in [0.15, 0.2) is 6.10 Å². The summed E-state index contributed by atoms with van der Waals surface area (Å²) in [6.45, 7) is 2.83. The van der Waals surface area contributed by atoms with Crippen LogP contribution in [0, 0.1) is 0 Å². The van der Waals surface area contributed by atoms with E-state index in [1.165, 1.54) is 4.90 Å². The summed E-state index contributed by atoms with van der Waals surface area (Å²) in [6, 6.07) is 16.9. The summed E-state index contributed by atoms with van der Waals surface area (Å²) in [5.41, 5.74) is 0.631. The molecule has 0 aromatic heterocycles. The second-order valence-corrected chi connectivity index (χ2v) is 6.37. The van der Waals surface area contributed by atoms with Gasteiger partial charge in [-0.25, -0.2) is 0 Å². The minimum atomic E-state index is -0.595. The normalized spacial score (nSPS) is 15.7. The van der Waals surface area contributed by atoms with Crippen molar-refractivity contribution in [2.75, 3.05) is 24.6 Å². The van der Waals surface area contributed by atoms with Crippen LogP contribution in [0.15, 0.2) is 54.6 Å². The van der Waals surface area contributed by atoms with Crippen LogP contribution < -0.4 is 19.7 Å². The highest BCUT2D eigenvalue weighted by Gasteiger charge is 2.32. The van der Waals surface area contributed by atoms with Crippen LogP contribution in [0.4, 0.5) is 5.69 Å². The molecule has 6 heteroatoms. The monoisotopic (exact) mass is 368 g/mol. The van der Waals surface area contributed by atoms with Crippen LogP contribution in [0.1, 0.15) is 19.8 Å². The lowest BCUT2D eigenvalue weighted by Gasteiger charge is -2.32. The van der Waals surface area contributed by atoms with E-state index in [1.807, 2.05) is 42.5 Å². The van der Waals surface area contributed by atoms with Crippen molar-refractivity contribution in [1.82, 2.24) is 5.32 Å². The second kappa shape index (κ2) is 9.07. The summed E-state index contributed by atoms with van der Waals surface area (Å²) in [5.74, 6) is 1.08. The van der Waals surface area contributed by atoms with Crippen molar-refractivity contribution in [3.63, 3.8) is 0 Å². The van der Waals surface area contributed by atoms with Crippen LogP contribution in [0.5, 0.6) is 11.5 Å². The van der Waals surface area contributed by atoms with Gasteiger partial charge in [0.1, 0.15) is 18.0 Å². The van der Waals surface area contributed by atoms with Gasteiger partial charge in [0.05, 0.1) is 12.3 Å². The molecule has 2 amide bonds. The maximum atomic E-state index is 12.4. The predicted molar refractivity (Wildman–Crippen MR) is 103 cm³/mol. The van der Waals surface area contributed by atoms with Gasteiger partial charge in [-0.2, -0.15) is 0 Å². The Balaban J connectivity index is 1.41. The zero-order valence-electron chi connectivity index (χ0n) is 15.4. The Kier molecular flexibility index (Phi) is 6.30. The molecule has 1 N–H and O–H groups in total. The van der Waals surface area contributed by atoms with E-state index < -0.39 is 6.10 Å². The SMILES string of the molecule is CC1Oc2ccccc2N(CC(=O)NCCCCOc2ccccc2)C1=O. The molecule has 27 heavy (non-hydrogen) atoms. The zero-order chi connectivity index (χ0) is 19.1. The van der Waals surface area contributed by atoms with E-state index in [2.05, 4.69) is 5.32 Å². The molecule has 0 spiro atoms. The molecule has 2 aromatic rings. The number of ether oxygens (including phenoxy) is 2. The molecule has 0 fully saturated rings. The number of unbranched alkanes of at least 4 members (excludes halogenated alkanes) is 1. The summed E-state index contributed by atoms with van der Waals surface area (Å²) in [4.78, 5) is 26.1. The number of nitrogens with zero attached hydrogens (tertiary/aromatic N) is 1. The molecule has 0 bridgehead atoms. The van der Waals surface area contributed by atoms with Crippen molar-refractivity contribution in [2.24, 2.45) is 0 Å². The predicted octanol–water partition coefficient (Wildman–Crippen LogP) is 2.78. The molecule has 0 saturated heterocycles. The van der Waals surface area contributed by atoms with Gasteiger partial charge in [0, 0.05) is 6.54 Å². The van der Waals surface area contributed by atoms with Crippen molar-refractivity contribution < 1.29 is 19.1 Å². The highest BCUT2D eigenvalue weighted by Crippen LogP contribution is 2.33. The van der Waals surface area contributed by atoms with Gasteiger partial charge < -0.3 is 14.8 Å². The van der Waals surface area contributed by atoms with E-state index in [9.17, 15) is 9.59 Å². The third-order valence-corrected chi connectivity index (χ3v) is 4.28. The van der Waals surface area contributed by atoms with Crippen LogP contribution in [0.3, 0.4) is 0 Å². The summed E-state index contributed by atoms with van der Waals surface area (Å²) in [5, 5.41) is 2.87. The summed E-state index contributed by atoms with van der Waals surface area (Å²) in [6.07, 6.45) is 1.05. The van der Waals surface area contributed by atoms with Crippen LogP contribution in [-0.2, 0) is 9.59 Å². The number of amides is 2. The third-order valence-electron chi connectivity index (χ3n) is 4.28. The average Bonchev–Trinajstić information content (AvgIpc) is 2.69. The number of nitrogens with one attached hydrogen (secondary N) is 1. The van der Waals surface area contributed by atoms with Gasteiger partial charge >= 0.3 is 0 Å². The number of benzene rings is 2. The Morgan fingerprint density at radius 1 is 1.11 bits per heavy atom. The number of fused-ring (bicyclic) bond motifs is 1. The topological polar surface area (TPSA) is 67.9 Å². The number of carbonyl (C=O) groups excluding carboxylic acids is 2. The number of carbonyl (C=O) groups is 2. The lowest BCUT2D eigenvalue weighted by molar-refractivity contribution is -0.128. The van der Waals surface area contributed by atoms with Crippen molar-refractivity contribution in [3.8, 4) is 11.5 Å². The van der Waals surface area contributed by atoms with Crippen LogP contribution in [0.2, 0.25) is 0 Å². The molecule has 1 unspecified atom stereocenters. The average molecular weight is 368 g/mol. The van der Waals surface area contributed by atoms with E-state index in [-0.39, 0.29) is 18.4 Å². The molecule has 0 saturated carbocycles. The van der Waals surface area contributed by atoms with E-state index in [0.717, 1.165) is 18.6 Å². The first-order valence-corrected chi connectivity index (χ1v) is 9.17. The fraction of sp³-hybridized carbons (Fsp3) is 0.333. The van der Waals surface area contributed by atoms with Crippen molar-refractivity contribution in [1.29, 1.82) is 0 Å². The second-order valence-electron chi connectivity index (χ2n) is 6.37. The van der Waals surface area contributed by atoms with E-state index in [4.69, 9.17) is 9.47 Å². The molecule has 142 valence electrons. The fourth-order valence-corrected chi connectivity index (χ4v) is 2.88. The number of para-hydroxylation sites is 3. The van der Waals surface area contributed by atoms with Gasteiger partial charge in [-0.1, -0.05) is 30.3 Å². The molecule has 6 nitrogen and oxygen atoms in total. The smallest absolute Gasteiger partial charge is 0.268 e. The first kappa shape index (κ1) is 18.8. The molecule has 1 atom stereocenters. The minimum Gasteiger partial charge on any atom is -0.494 e. The number of hydrogen-bond acceptors (Lipinski definition) is 4. The van der Waals surface area contributed by atoms with Gasteiger partial charge in [-0.15, -0.1) is 0 Å².